The highest BCUT2D eigenvalue weighted by atomic mass is 127. The first-order valence-corrected chi connectivity index (χ1v) is 7.84. The Labute approximate surface area is 137 Å². The van der Waals surface area contributed by atoms with E-state index in [0.29, 0.717) is 0 Å². The second-order valence-electron chi connectivity index (χ2n) is 4.53. The van der Waals surface area contributed by atoms with Crippen LogP contribution in [0.15, 0.2) is 45.7 Å². The van der Waals surface area contributed by atoms with E-state index >= 15 is 0 Å². The standard InChI is InChI=1S/C14H11BrIN3O/c15-10-6-12-11(18-14(20)19-12)5-9(10)13(17)7-2-1-3-8(16)4-7/h1-6,13H,17H2,(H2,18,19,20). The fraction of sp³-hybridized carbons (Fsp3) is 0.0714. The third kappa shape index (κ3) is 2.55. The van der Waals surface area contributed by atoms with Crippen molar-refractivity contribution < 1.29 is 0 Å². The van der Waals surface area contributed by atoms with Gasteiger partial charge in [-0.2, -0.15) is 0 Å². The lowest BCUT2D eigenvalue weighted by Crippen LogP contribution is -2.12. The molecule has 4 N–H and O–H groups in total. The number of nitrogens with one attached hydrogen (secondary N) is 2. The lowest BCUT2D eigenvalue weighted by molar-refractivity contribution is 0.866. The fourth-order valence-corrected chi connectivity index (χ4v) is 3.35. The molecule has 0 spiro atoms. The van der Waals surface area contributed by atoms with Crippen molar-refractivity contribution in [1.82, 2.24) is 9.97 Å². The van der Waals surface area contributed by atoms with Gasteiger partial charge in [-0.05, 0) is 58.0 Å². The summed E-state index contributed by atoms with van der Waals surface area (Å²) in [6.45, 7) is 0. The largest absolute Gasteiger partial charge is 0.323 e. The highest BCUT2D eigenvalue weighted by Gasteiger charge is 2.14. The number of imidazole rings is 1. The van der Waals surface area contributed by atoms with Gasteiger partial charge >= 0.3 is 5.69 Å². The van der Waals surface area contributed by atoms with Crippen LogP contribution in [0.5, 0.6) is 0 Å². The molecule has 1 unspecified atom stereocenters. The molecule has 0 aliphatic heterocycles. The molecule has 0 saturated heterocycles. The van der Waals surface area contributed by atoms with Gasteiger partial charge in [-0.25, -0.2) is 4.79 Å². The van der Waals surface area contributed by atoms with Crippen LogP contribution in [0.2, 0.25) is 0 Å². The lowest BCUT2D eigenvalue weighted by atomic mass is 9.99. The summed E-state index contributed by atoms with van der Waals surface area (Å²) in [5.41, 5.74) is 9.63. The molecule has 20 heavy (non-hydrogen) atoms. The first-order valence-electron chi connectivity index (χ1n) is 5.97. The van der Waals surface area contributed by atoms with Crippen LogP contribution in [0.4, 0.5) is 0 Å². The quantitative estimate of drug-likeness (QED) is 0.531. The molecule has 0 amide bonds. The number of hydrogen-bond donors (Lipinski definition) is 3. The molecule has 1 heterocycles. The van der Waals surface area contributed by atoms with Crippen molar-refractivity contribution in [1.29, 1.82) is 0 Å². The van der Waals surface area contributed by atoms with Gasteiger partial charge in [0.25, 0.3) is 0 Å². The molecule has 0 aliphatic carbocycles. The summed E-state index contributed by atoms with van der Waals surface area (Å²) >= 11 is 5.79. The molecule has 0 fully saturated rings. The van der Waals surface area contributed by atoms with E-state index in [1.165, 1.54) is 0 Å². The van der Waals surface area contributed by atoms with Gasteiger partial charge in [-0.15, -0.1) is 0 Å². The third-order valence-electron chi connectivity index (χ3n) is 3.18. The van der Waals surface area contributed by atoms with E-state index in [-0.39, 0.29) is 11.7 Å². The first-order chi connectivity index (χ1) is 9.54. The Hall–Kier alpha value is -1.12. The summed E-state index contributed by atoms with van der Waals surface area (Å²) in [6, 6.07) is 11.6. The maximum atomic E-state index is 11.3. The smallest absolute Gasteiger partial charge is 0.320 e. The van der Waals surface area contributed by atoms with Gasteiger partial charge in [0.05, 0.1) is 17.1 Å². The number of benzene rings is 2. The van der Waals surface area contributed by atoms with Crippen LogP contribution in [0, 0.1) is 3.57 Å². The molecule has 6 heteroatoms. The van der Waals surface area contributed by atoms with Crippen LogP contribution in [0.25, 0.3) is 11.0 Å². The molecule has 102 valence electrons. The maximum absolute atomic E-state index is 11.3. The van der Waals surface area contributed by atoms with Gasteiger partial charge < -0.3 is 15.7 Å². The highest BCUT2D eigenvalue weighted by Crippen LogP contribution is 2.30. The van der Waals surface area contributed by atoms with Gasteiger partial charge in [0, 0.05) is 8.04 Å². The molecular formula is C14H11BrIN3O. The molecule has 0 aliphatic rings. The summed E-state index contributed by atoms with van der Waals surface area (Å²) in [7, 11) is 0. The third-order valence-corrected chi connectivity index (χ3v) is 4.53. The van der Waals surface area contributed by atoms with E-state index in [1.54, 1.807) is 0 Å². The van der Waals surface area contributed by atoms with Crippen molar-refractivity contribution in [3.63, 3.8) is 0 Å². The number of rotatable bonds is 2. The summed E-state index contributed by atoms with van der Waals surface area (Å²) < 4.78 is 2.02. The zero-order valence-corrected chi connectivity index (χ0v) is 14.0. The average molecular weight is 444 g/mol. The molecule has 4 nitrogen and oxygen atoms in total. The number of nitrogens with two attached hydrogens (primary N) is 1. The van der Waals surface area contributed by atoms with Crippen LogP contribution < -0.4 is 11.4 Å². The summed E-state index contributed by atoms with van der Waals surface area (Å²) in [6.07, 6.45) is 0. The number of fused-ring (bicyclic) bond motifs is 1. The minimum absolute atomic E-state index is 0.216. The molecule has 2 aromatic carbocycles. The molecule has 0 saturated carbocycles. The van der Waals surface area contributed by atoms with Crippen LogP contribution in [0.1, 0.15) is 17.2 Å². The van der Waals surface area contributed by atoms with Crippen molar-refractivity contribution >= 4 is 49.6 Å². The van der Waals surface area contributed by atoms with Crippen LogP contribution >= 0.6 is 38.5 Å². The van der Waals surface area contributed by atoms with E-state index in [9.17, 15) is 4.79 Å². The topological polar surface area (TPSA) is 74.7 Å². The van der Waals surface area contributed by atoms with E-state index in [1.807, 2.05) is 30.3 Å². The fourth-order valence-electron chi connectivity index (χ4n) is 2.19. The number of aromatic amines is 2. The van der Waals surface area contributed by atoms with Crippen LogP contribution in [0.3, 0.4) is 0 Å². The molecular weight excluding hydrogens is 433 g/mol. The number of halogens is 2. The Morgan fingerprint density at radius 3 is 2.55 bits per heavy atom. The van der Waals surface area contributed by atoms with Gasteiger partial charge in [-0.3, -0.25) is 0 Å². The first kappa shape index (κ1) is 13.8. The minimum Gasteiger partial charge on any atom is -0.320 e. The van der Waals surface area contributed by atoms with Crippen molar-refractivity contribution in [3.05, 3.63) is 66.1 Å². The van der Waals surface area contributed by atoms with Gasteiger partial charge in [0.2, 0.25) is 0 Å². The van der Waals surface area contributed by atoms with Crippen LogP contribution in [-0.2, 0) is 0 Å². The van der Waals surface area contributed by atoms with Gasteiger partial charge in [0.15, 0.2) is 0 Å². The molecule has 1 atom stereocenters. The second kappa shape index (κ2) is 5.34. The molecule has 1 aromatic heterocycles. The van der Waals surface area contributed by atoms with E-state index in [4.69, 9.17) is 5.73 Å². The summed E-state index contributed by atoms with van der Waals surface area (Å²) in [4.78, 5) is 16.8. The Morgan fingerprint density at radius 2 is 1.85 bits per heavy atom. The predicted octanol–water partition coefficient (Wildman–Crippen LogP) is 3.27. The van der Waals surface area contributed by atoms with Crippen molar-refractivity contribution in [2.24, 2.45) is 5.73 Å². The second-order valence-corrected chi connectivity index (χ2v) is 6.63. The Kier molecular flexibility index (Phi) is 3.70. The maximum Gasteiger partial charge on any atom is 0.323 e. The van der Waals surface area contributed by atoms with E-state index in [2.05, 4.69) is 54.6 Å². The number of H-pyrrole nitrogens is 2. The van der Waals surface area contributed by atoms with Crippen LogP contribution in [-0.4, -0.2) is 9.97 Å². The molecule has 3 rings (SSSR count). The van der Waals surface area contributed by atoms with E-state index in [0.717, 1.165) is 30.2 Å². The molecule has 0 bridgehead atoms. The monoisotopic (exact) mass is 443 g/mol. The van der Waals surface area contributed by atoms with Crippen molar-refractivity contribution in [2.75, 3.05) is 0 Å². The Balaban J connectivity index is 2.13. The van der Waals surface area contributed by atoms with E-state index < -0.39 is 0 Å². The Morgan fingerprint density at radius 1 is 1.15 bits per heavy atom. The Bertz CT molecular complexity index is 840. The molecule has 3 aromatic rings. The van der Waals surface area contributed by atoms with Gasteiger partial charge in [0.1, 0.15) is 0 Å². The lowest BCUT2D eigenvalue weighted by Gasteiger charge is -2.15. The highest BCUT2D eigenvalue weighted by molar-refractivity contribution is 14.1. The minimum atomic E-state index is -0.248. The van der Waals surface area contributed by atoms with Crippen molar-refractivity contribution in [3.8, 4) is 0 Å². The SMILES string of the molecule is NC(c1cccc(I)c1)c1cc2[nH]c(=O)[nH]c2cc1Br. The number of hydrogen-bond acceptors (Lipinski definition) is 2. The summed E-state index contributed by atoms with van der Waals surface area (Å²) in [5.74, 6) is 0. The van der Waals surface area contributed by atoms with Crippen molar-refractivity contribution in [2.45, 2.75) is 6.04 Å². The normalized spacial score (nSPS) is 12.8. The molecule has 0 radical (unpaired) electrons. The zero-order chi connectivity index (χ0) is 14.3. The number of aromatic nitrogens is 2. The average Bonchev–Trinajstić information content (AvgIpc) is 2.76. The predicted molar refractivity (Wildman–Crippen MR) is 91.8 cm³/mol. The van der Waals surface area contributed by atoms with Gasteiger partial charge in [-0.1, -0.05) is 28.1 Å². The zero-order valence-electron chi connectivity index (χ0n) is 10.3. The summed E-state index contributed by atoms with van der Waals surface area (Å²) in [5, 5.41) is 0.